The van der Waals surface area contributed by atoms with E-state index in [1.54, 1.807) is 30.8 Å². The number of halogens is 1. The topological polar surface area (TPSA) is 85.8 Å². The summed E-state index contributed by atoms with van der Waals surface area (Å²) in [6.07, 6.45) is 5.03. The van der Waals surface area contributed by atoms with Crippen molar-refractivity contribution in [2.75, 3.05) is 11.1 Å². The molecule has 1 aromatic carbocycles. The van der Waals surface area contributed by atoms with Crippen molar-refractivity contribution in [3.05, 3.63) is 77.5 Å². The van der Waals surface area contributed by atoms with Crippen LogP contribution in [0.15, 0.2) is 70.7 Å². The molecular weight excluding hydrogens is 422 g/mol. The highest BCUT2D eigenvalue weighted by Gasteiger charge is 2.17. The van der Waals surface area contributed by atoms with Crippen molar-refractivity contribution >= 4 is 35.0 Å². The number of nitrogens with zero attached hydrogens (tertiary/aromatic N) is 4. The van der Waals surface area contributed by atoms with Gasteiger partial charge in [-0.25, -0.2) is 0 Å². The molecule has 7 nitrogen and oxygen atoms in total. The van der Waals surface area contributed by atoms with Gasteiger partial charge in [-0.3, -0.25) is 14.3 Å². The molecular formula is C21H18ClN5O2S. The van der Waals surface area contributed by atoms with Gasteiger partial charge in [0.1, 0.15) is 5.76 Å². The number of carbonyl (C=O) groups excluding carboxylic acids is 1. The van der Waals surface area contributed by atoms with E-state index in [9.17, 15) is 4.79 Å². The predicted molar refractivity (Wildman–Crippen MR) is 117 cm³/mol. The highest BCUT2D eigenvalue weighted by atomic mass is 35.5. The molecule has 4 aromatic rings. The van der Waals surface area contributed by atoms with Crippen LogP contribution in [0, 0.1) is 6.92 Å². The van der Waals surface area contributed by atoms with Gasteiger partial charge < -0.3 is 9.73 Å². The van der Waals surface area contributed by atoms with E-state index in [2.05, 4.69) is 20.5 Å². The van der Waals surface area contributed by atoms with Gasteiger partial charge in [0.15, 0.2) is 11.0 Å². The first-order valence-corrected chi connectivity index (χ1v) is 10.5. The summed E-state index contributed by atoms with van der Waals surface area (Å²) < 4.78 is 7.42. The molecule has 0 aliphatic carbocycles. The van der Waals surface area contributed by atoms with Crippen LogP contribution in [0.5, 0.6) is 0 Å². The van der Waals surface area contributed by atoms with Gasteiger partial charge in [0.25, 0.3) is 0 Å². The number of aryl methyl sites for hydroxylation is 1. The van der Waals surface area contributed by atoms with Crippen LogP contribution < -0.4 is 5.32 Å². The third-order valence-electron chi connectivity index (χ3n) is 4.36. The third kappa shape index (κ3) is 4.72. The molecule has 9 heteroatoms. The van der Waals surface area contributed by atoms with E-state index in [1.807, 2.05) is 41.8 Å². The second-order valence-corrected chi connectivity index (χ2v) is 7.88. The van der Waals surface area contributed by atoms with Crippen molar-refractivity contribution in [3.63, 3.8) is 0 Å². The molecule has 1 N–H and O–H groups in total. The van der Waals surface area contributed by atoms with Crippen LogP contribution >= 0.6 is 23.4 Å². The number of nitrogens with one attached hydrogen (secondary N) is 1. The summed E-state index contributed by atoms with van der Waals surface area (Å²) in [5.41, 5.74) is 2.52. The van der Waals surface area contributed by atoms with E-state index in [1.165, 1.54) is 11.8 Å². The lowest BCUT2D eigenvalue weighted by Crippen LogP contribution is -2.15. The number of amides is 1. The Morgan fingerprint density at radius 2 is 2.03 bits per heavy atom. The minimum absolute atomic E-state index is 0.150. The lowest BCUT2D eigenvalue weighted by atomic mass is 10.2. The molecule has 4 rings (SSSR count). The average Bonchev–Trinajstić information content (AvgIpc) is 3.40. The number of anilines is 1. The van der Waals surface area contributed by atoms with Crippen molar-refractivity contribution in [3.8, 4) is 11.4 Å². The first kappa shape index (κ1) is 20.2. The zero-order valence-corrected chi connectivity index (χ0v) is 17.7. The van der Waals surface area contributed by atoms with Gasteiger partial charge in [-0.05, 0) is 48.9 Å². The quantitative estimate of drug-likeness (QED) is 0.421. The Morgan fingerprint density at radius 1 is 1.20 bits per heavy atom. The number of hydrogen-bond acceptors (Lipinski definition) is 6. The second-order valence-electron chi connectivity index (χ2n) is 6.50. The highest BCUT2D eigenvalue weighted by Crippen LogP contribution is 2.26. The van der Waals surface area contributed by atoms with Gasteiger partial charge >= 0.3 is 0 Å². The van der Waals surface area contributed by atoms with E-state index in [4.69, 9.17) is 16.0 Å². The van der Waals surface area contributed by atoms with E-state index < -0.39 is 0 Å². The second kappa shape index (κ2) is 9.15. The third-order valence-corrected chi connectivity index (χ3v) is 5.56. The molecule has 1 amide bonds. The SMILES string of the molecule is Cc1ccc(Cl)cc1NC(=O)CSc1nnc(-c2ccncc2)n1Cc1ccco1. The normalized spacial score (nSPS) is 10.9. The van der Waals surface area contributed by atoms with Crippen molar-refractivity contribution in [2.24, 2.45) is 0 Å². The number of aromatic nitrogens is 4. The van der Waals surface area contributed by atoms with Crippen LogP contribution in [-0.4, -0.2) is 31.4 Å². The zero-order chi connectivity index (χ0) is 20.9. The van der Waals surface area contributed by atoms with E-state index in [0.717, 1.165) is 16.9 Å². The van der Waals surface area contributed by atoms with Crippen LogP contribution in [0.2, 0.25) is 5.02 Å². The number of rotatable bonds is 7. The molecule has 0 spiro atoms. The number of carbonyl (C=O) groups is 1. The Bertz CT molecular complexity index is 1150. The van der Waals surface area contributed by atoms with Crippen molar-refractivity contribution in [2.45, 2.75) is 18.6 Å². The van der Waals surface area contributed by atoms with Gasteiger partial charge in [-0.15, -0.1) is 10.2 Å². The fraction of sp³-hybridized carbons (Fsp3) is 0.143. The first-order chi connectivity index (χ1) is 14.6. The molecule has 152 valence electrons. The van der Waals surface area contributed by atoms with Crippen LogP contribution in [0.3, 0.4) is 0 Å². The molecule has 0 saturated carbocycles. The molecule has 3 aromatic heterocycles. The molecule has 0 bridgehead atoms. The average molecular weight is 440 g/mol. The van der Waals surface area contributed by atoms with E-state index >= 15 is 0 Å². The number of hydrogen-bond donors (Lipinski definition) is 1. The number of benzene rings is 1. The maximum absolute atomic E-state index is 12.5. The van der Waals surface area contributed by atoms with Gasteiger partial charge in [-0.1, -0.05) is 29.4 Å². The van der Waals surface area contributed by atoms with Crippen LogP contribution in [-0.2, 0) is 11.3 Å². The molecule has 0 radical (unpaired) electrons. The smallest absolute Gasteiger partial charge is 0.234 e. The maximum Gasteiger partial charge on any atom is 0.234 e. The summed E-state index contributed by atoms with van der Waals surface area (Å²) in [7, 11) is 0. The van der Waals surface area contributed by atoms with Crippen LogP contribution in [0.25, 0.3) is 11.4 Å². The van der Waals surface area contributed by atoms with Gasteiger partial charge in [0.2, 0.25) is 5.91 Å². The molecule has 0 fully saturated rings. The minimum atomic E-state index is -0.150. The Hall–Kier alpha value is -3.10. The summed E-state index contributed by atoms with van der Waals surface area (Å²) in [4.78, 5) is 16.5. The lowest BCUT2D eigenvalue weighted by molar-refractivity contribution is -0.113. The Kier molecular flexibility index (Phi) is 6.15. The molecule has 3 heterocycles. The van der Waals surface area contributed by atoms with Crippen molar-refractivity contribution < 1.29 is 9.21 Å². The fourth-order valence-electron chi connectivity index (χ4n) is 2.86. The number of thioether (sulfide) groups is 1. The van der Waals surface area contributed by atoms with Crippen LogP contribution in [0.1, 0.15) is 11.3 Å². The Labute approximate surface area is 182 Å². The largest absolute Gasteiger partial charge is 0.467 e. The molecule has 0 aliphatic heterocycles. The standard InChI is InChI=1S/C21H18ClN5O2S/c1-14-4-5-16(22)11-18(14)24-19(28)13-30-21-26-25-20(15-6-8-23-9-7-15)27(21)12-17-3-2-10-29-17/h2-11H,12-13H2,1H3,(H,24,28). The molecule has 0 unspecified atom stereocenters. The summed E-state index contributed by atoms with van der Waals surface area (Å²) >= 11 is 7.34. The summed E-state index contributed by atoms with van der Waals surface area (Å²) in [5, 5.41) is 12.7. The van der Waals surface area contributed by atoms with Gasteiger partial charge in [-0.2, -0.15) is 0 Å². The highest BCUT2D eigenvalue weighted by molar-refractivity contribution is 7.99. The fourth-order valence-corrected chi connectivity index (χ4v) is 3.77. The van der Waals surface area contributed by atoms with Gasteiger partial charge in [0.05, 0.1) is 18.6 Å². The summed E-state index contributed by atoms with van der Waals surface area (Å²) in [6.45, 7) is 2.37. The first-order valence-electron chi connectivity index (χ1n) is 9.15. The molecule has 0 saturated heterocycles. The molecule has 30 heavy (non-hydrogen) atoms. The summed E-state index contributed by atoms with van der Waals surface area (Å²) in [5.74, 6) is 1.48. The number of pyridine rings is 1. The van der Waals surface area contributed by atoms with E-state index in [0.29, 0.717) is 28.2 Å². The summed E-state index contributed by atoms with van der Waals surface area (Å²) in [6, 6.07) is 12.8. The Balaban J connectivity index is 1.52. The minimum Gasteiger partial charge on any atom is -0.467 e. The molecule has 0 aliphatic rings. The number of furan rings is 1. The zero-order valence-electron chi connectivity index (χ0n) is 16.1. The van der Waals surface area contributed by atoms with Crippen molar-refractivity contribution in [1.29, 1.82) is 0 Å². The van der Waals surface area contributed by atoms with Gasteiger partial charge in [0, 0.05) is 28.7 Å². The predicted octanol–water partition coefficient (Wildman–Crippen LogP) is 4.67. The maximum atomic E-state index is 12.5. The molecule has 0 atom stereocenters. The van der Waals surface area contributed by atoms with E-state index in [-0.39, 0.29) is 11.7 Å². The Morgan fingerprint density at radius 3 is 2.80 bits per heavy atom. The lowest BCUT2D eigenvalue weighted by Gasteiger charge is -2.10. The van der Waals surface area contributed by atoms with Crippen LogP contribution in [0.4, 0.5) is 5.69 Å². The monoisotopic (exact) mass is 439 g/mol. The van der Waals surface area contributed by atoms with Crippen molar-refractivity contribution in [1.82, 2.24) is 19.7 Å².